The Balaban J connectivity index is 1.53. The van der Waals surface area contributed by atoms with Crippen LogP contribution in [-0.4, -0.2) is 37.4 Å². The summed E-state index contributed by atoms with van der Waals surface area (Å²) in [5.74, 6) is 0.123. The summed E-state index contributed by atoms with van der Waals surface area (Å²) in [6, 6.07) is 8.76. The fourth-order valence-corrected chi connectivity index (χ4v) is 4.02. The van der Waals surface area contributed by atoms with Gasteiger partial charge in [0.05, 0.1) is 11.3 Å². The molecule has 23 heavy (non-hydrogen) atoms. The lowest BCUT2D eigenvalue weighted by atomic mass is 10.1. The van der Waals surface area contributed by atoms with Crippen LogP contribution in [0.4, 0.5) is 5.69 Å². The number of nitrogens with zero attached hydrogens (tertiary/aromatic N) is 5. The van der Waals surface area contributed by atoms with Gasteiger partial charge in [0.1, 0.15) is 0 Å². The van der Waals surface area contributed by atoms with Crippen LogP contribution in [0.25, 0.3) is 0 Å². The monoisotopic (exact) mass is 329 g/mol. The van der Waals surface area contributed by atoms with E-state index in [9.17, 15) is 4.79 Å². The minimum absolute atomic E-state index is 0.123. The number of anilines is 1. The molecule has 120 valence electrons. The highest BCUT2D eigenvalue weighted by molar-refractivity contribution is 8.00. The van der Waals surface area contributed by atoms with E-state index in [2.05, 4.69) is 28.5 Å². The van der Waals surface area contributed by atoms with Crippen molar-refractivity contribution in [3.05, 3.63) is 29.8 Å². The molecule has 0 bridgehead atoms. The number of rotatable bonds is 4. The van der Waals surface area contributed by atoms with Crippen molar-refractivity contribution in [2.24, 2.45) is 0 Å². The highest BCUT2D eigenvalue weighted by Gasteiger charge is 2.35. The van der Waals surface area contributed by atoms with Gasteiger partial charge in [0, 0.05) is 11.7 Å². The lowest BCUT2D eigenvalue weighted by Gasteiger charge is -2.25. The van der Waals surface area contributed by atoms with Crippen molar-refractivity contribution in [1.29, 1.82) is 0 Å². The van der Waals surface area contributed by atoms with Crippen LogP contribution in [0.15, 0.2) is 29.4 Å². The average Bonchev–Trinajstić information content (AvgIpc) is 3.19. The predicted molar refractivity (Wildman–Crippen MR) is 88.5 cm³/mol. The number of fused-ring (bicyclic) bond motifs is 1. The first-order valence-electron chi connectivity index (χ1n) is 8.00. The van der Waals surface area contributed by atoms with E-state index < -0.39 is 0 Å². The number of carbonyl (C=O) groups excluding carboxylic acids is 1. The fourth-order valence-electron chi connectivity index (χ4n) is 3.12. The molecule has 0 saturated heterocycles. The molecule has 1 fully saturated rings. The third kappa shape index (κ3) is 2.63. The number of aromatic nitrogens is 4. The molecule has 1 aliphatic heterocycles. The van der Waals surface area contributed by atoms with Crippen molar-refractivity contribution in [3.63, 3.8) is 0 Å². The molecule has 1 aromatic carbocycles. The number of hydrogen-bond acceptors (Lipinski definition) is 5. The molecule has 2 atom stereocenters. The maximum atomic E-state index is 13.0. The van der Waals surface area contributed by atoms with Crippen LogP contribution in [-0.2, 0) is 11.2 Å². The van der Waals surface area contributed by atoms with Gasteiger partial charge >= 0.3 is 0 Å². The number of thioether (sulfide) groups is 1. The standard InChI is InChI=1S/C16H19N5OS/c1-10-9-12-5-3-4-6-14(12)20(10)15(22)11(2)23-16-17-18-19-21(16)13-7-8-13/h3-6,10-11,13H,7-9H2,1-2H3/t10-,11+/m0/s1. The zero-order chi connectivity index (χ0) is 16.0. The van der Waals surface area contributed by atoms with Crippen LogP contribution in [0.1, 0.15) is 38.3 Å². The predicted octanol–water partition coefficient (Wildman–Crippen LogP) is 2.47. The number of benzene rings is 1. The molecule has 4 rings (SSSR count). The first-order chi connectivity index (χ1) is 11.1. The van der Waals surface area contributed by atoms with Gasteiger partial charge in [-0.3, -0.25) is 4.79 Å². The van der Waals surface area contributed by atoms with Crippen molar-refractivity contribution in [1.82, 2.24) is 20.2 Å². The van der Waals surface area contributed by atoms with E-state index in [1.807, 2.05) is 34.7 Å². The van der Waals surface area contributed by atoms with E-state index in [1.54, 1.807) is 0 Å². The number of amides is 1. The third-order valence-electron chi connectivity index (χ3n) is 4.43. The molecule has 0 radical (unpaired) electrons. The Kier molecular flexibility index (Phi) is 3.60. The fraction of sp³-hybridized carbons (Fsp3) is 0.500. The zero-order valence-electron chi connectivity index (χ0n) is 13.2. The molecule has 2 aliphatic rings. The molecule has 0 spiro atoms. The quantitative estimate of drug-likeness (QED) is 0.806. The van der Waals surface area contributed by atoms with Gasteiger partial charge < -0.3 is 4.90 Å². The Bertz CT molecular complexity index is 742. The van der Waals surface area contributed by atoms with Crippen LogP contribution >= 0.6 is 11.8 Å². The molecule has 6 nitrogen and oxygen atoms in total. The van der Waals surface area contributed by atoms with Crippen molar-refractivity contribution in [3.8, 4) is 0 Å². The molecule has 1 aromatic heterocycles. The lowest BCUT2D eigenvalue weighted by molar-refractivity contribution is -0.118. The van der Waals surface area contributed by atoms with Gasteiger partial charge in [0.15, 0.2) is 0 Å². The van der Waals surface area contributed by atoms with Gasteiger partial charge in [-0.1, -0.05) is 30.0 Å². The second-order valence-electron chi connectivity index (χ2n) is 6.29. The minimum atomic E-state index is -0.216. The summed E-state index contributed by atoms with van der Waals surface area (Å²) in [5, 5.41) is 12.4. The Morgan fingerprint density at radius 1 is 1.35 bits per heavy atom. The highest BCUT2D eigenvalue weighted by Crippen LogP contribution is 2.38. The number of tetrazole rings is 1. The second-order valence-corrected chi connectivity index (χ2v) is 7.60. The summed E-state index contributed by atoms with van der Waals surface area (Å²) >= 11 is 1.45. The van der Waals surface area contributed by atoms with E-state index >= 15 is 0 Å². The van der Waals surface area contributed by atoms with Crippen LogP contribution in [0.2, 0.25) is 0 Å². The first kappa shape index (κ1) is 14.7. The van der Waals surface area contributed by atoms with Crippen LogP contribution in [0, 0.1) is 0 Å². The summed E-state index contributed by atoms with van der Waals surface area (Å²) < 4.78 is 1.86. The summed E-state index contributed by atoms with van der Waals surface area (Å²) in [7, 11) is 0. The van der Waals surface area contributed by atoms with Crippen LogP contribution < -0.4 is 4.90 Å². The Morgan fingerprint density at radius 2 is 2.13 bits per heavy atom. The van der Waals surface area contributed by atoms with Gasteiger partial charge in [0.25, 0.3) is 0 Å². The summed E-state index contributed by atoms with van der Waals surface area (Å²) in [4.78, 5) is 14.9. The van der Waals surface area contributed by atoms with Crippen LogP contribution in [0.5, 0.6) is 0 Å². The van der Waals surface area contributed by atoms with Gasteiger partial charge in [-0.05, 0) is 55.2 Å². The number of carbonyl (C=O) groups is 1. The van der Waals surface area contributed by atoms with Crippen molar-refractivity contribution >= 4 is 23.4 Å². The Labute approximate surface area is 139 Å². The first-order valence-corrected chi connectivity index (χ1v) is 8.88. The van der Waals surface area contributed by atoms with Crippen molar-refractivity contribution in [2.75, 3.05) is 4.90 Å². The van der Waals surface area contributed by atoms with E-state index in [1.165, 1.54) is 17.3 Å². The SMILES string of the molecule is C[C@@H](Sc1nnnn1C1CC1)C(=O)N1c2ccccc2C[C@@H]1C. The summed E-state index contributed by atoms with van der Waals surface area (Å²) in [5.41, 5.74) is 2.28. The molecule has 1 amide bonds. The molecule has 2 heterocycles. The van der Waals surface area contributed by atoms with Crippen molar-refractivity contribution in [2.45, 2.75) is 55.6 Å². The van der Waals surface area contributed by atoms with E-state index in [0.29, 0.717) is 6.04 Å². The Hall–Kier alpha value is -1.89. The molecule has 1 saturated carbocycles. The van der Waals surface area contributed by atoms with E-state index in [0.717, 1.165) is 30.1 Å². The minimum Gasteiger partial charge on any atom is -0.308 e. The summed E-state index contributed by atoms with van der Waals surface area (Å²) in [6.07, 6.45) is 3.16. The molecular formula is C16H19N5OS. The maximum absolute atomic E-state index is 13.0. The van der Waals surface area contributed by atoms with Crippen molar-refractivity contribution < 1.29 is 4.79 Å². The normalized spacial score (nSPS) is 21.3. The van der Waals surface area contributed by atoms with Gasteiger partial charge in [-0.15, -0.1) is 5.10 Å². The molecule has 0 unspecified atom stereocenters. The largest absolute Gasteiger partial charge is 0.308 e. The molecule has 1 aliphatic carbocycles. The molecule has 7 heteroatoms. The maximum Gasteiger partial charge on any atom is 0.240 e. The summed E-state index contributed by atoms with van der Waals surface area (Å²) in [6.45, 7) is 4.04. The van der Waals surface area contributed by atoms with E-state index in [4.69, 9.17) is 0 Å². The number of hydrogen-bond donors (Lipinski definition) is 0. The molecule has 0 N–H and O–H groups in total. The average molecular weight is 329 g/mol. The van der Waals surface area contributed by atoms with Gasteiger partial charge in [-0.25, -0.2) is 4.68 Å². The zero-order valence-corrected chi connectivity index (χ0v) is 14.0. The topological polar surface area (TPSA) is 63.9 Å². The molecular weight excluding hydrogens is 310 g/mol. The highest BCUT2D eigenvalue weighted by atomic mass is 32.2. The molecule has 2 aromatic rings. The van der Waals surface area contributed by atoms with Gasteiger partial charge in [-0.2, -0.15) is 0 Å². The Morgan fingerprint density at radius 3 is 2.91 bits per heavy atom. The second kappa shape index (κ2) is 5.63. The van der Waals surface area contributed by atoms with Crippen LogP contribution in [0.3, 0.4) is 0 Å². The smallest absolute Gasteiger partial charge is 0.240 e. The number of para-hydroxylation sites is 1. The van der Waals surface area contributed by atoms with E-state index in [-0.39, 0.29) is 17.2 Å². The third-order valence-corrected chi connectivity index (χ3v) is 5.46. The van der Waals surface area contributed by atoms with Gasteiger partial charge in [0.2, 0.25) is 11.1 Å². The lowest BCUT2D eigenvalue weighted by Crippen LogP contribution is -2.40.